The zero-order chi connectivity index (χ0) is 69.8. The van der Waals surface area contributed by atoms with E-state index < -0.39 is 97.5 Å². The van der Waals surface area contributed by atoms with Crippen LogP contribution in [-0.4, -0.2) is 96.7 Å². The van der Waals surface area contributed by atoms with Gasteiger partial charge in [-0.2, -0.15) is 0 Å². The second-order valence-corrected chi connectivity index (χ2v) is 29.2. The van der Waals surface area contributed by atoms with Gasteiger partial charge in [0.05, 0.1) is 26.4 Å². The minimum atomic E-state index is -4.97. The minimum absolute atomic E-state index is 0.0783. The number of ether oxygens (including phenoxy) is 4. The average Bonchev–Trinajstić information content (AvgIpc) is 1.31. The van der Waals surface area contributed by atoms with Crippen molar-refractivity contribution in [2.75, 3.05) is 39.6 Å². The summed E-state index contributed by atoms with van der Waals surface area (Å²) in [6.45, 7) is 7.16. The Labute approximate surface area is 578 Å². The topological polar surface area (TPSA) is 237 Å². The fourth-order valence-electron chi connectivity index (χ4n) is 10.6. The fourth-order valence-corrected chi connectivity index (χ4v) is 12.2. The van der Waals surface area contributed by atoms with Gasteiger partial charge in [0.2, 0.25) is 0 Å². The SMILES string of the molecule is CCCCCC/C=C\C=C/CCCCCCCC(=O)OC[C@H](COP(=O)(O)OC[C@@H](O)COP(=O)(O)OC[C@@H](COC(=O)CCCCCCCCCCC(C)CC)OC(=O)CCCCCCCCCCCCCCC)OC(=O)CCCCCCC/C=C\C=C/CCCCCC. The van der Waals surface area contributed by atoms with E-state index in [2.05, 4.69) is 83.2 Å². The molecule has 556 valence electrons. The quantitative estimate of drug-likeness (QED) is 0.0169. The lowest BCUT2D eigenvalue weighted by atomic mass is 9.99. The molecule has 0 heterocycles. The first kappa shape index (κ1) is 92.0. The lowest BCUT2D eigenvalue weighted by Gasteiger charge is -2.21. The molecule has 0 aliphatic rings. The summed E-state index contributed by atoms with van der Waals surface area (Å²) in [5.74, 6) is -1.40. The molecule has 0 saturated heterocycles. The van der Waals surface area contributed by atoms with E-state index in [4.69, 9.17) is 37.0 Å². The third kappa shape index (κ3) is 68.0. The predicted octanol–water partition coefficient (Wildman–Crippen LogP) is 21.6. The van der Waals surface area contributed by atoms with Crippen molar-refractivity contribution in [2.45, 2.75) is 368 Å². The van der Waals surface area contributed by atoms with Crippen molar-refractivity contribution in [1.82, 2.24) is 0 Å². The van der Waals surface area contributed by atoms with E-state index in [9.17, 15) is 43.2 Å². The van der Waals surface area contributed by atoms with Crippen LogP contribution in [0, 0.1) is 5.92 Å². The Morgan fingerprint density at radius 3 is 0.895 bits per heavy atom. The first-order valence-corrected chi connectivity index (χ1v) is 41.3. The van der Waals surface area contributed by atoms with Crippen molar-refractivity contribution in [3.05, 3.63) is 48.6 Å². The van der Waals surface area contributed by atoms with Gasteiger partial charge in [0.15, 0.2) is 12.2 Å². The van der Waals surface area contributed by atoms with Crippen LogP contribution in [0.2, 0.25) is 0 Å². The van der Waals surface area contributed by atoms with Gasteiger partial charge in [-0.1, -0.05) is 295 Å². The summed E-state index contributed by atoms with van der Waals surface area (Å²) < 4.78 is 68.4. The van der Waals surface area contributed by atoms with Crippen LogP contribution in [0.3, 0.4) is 0 Å². The van der Waals surface area contributed by atoms with Gasteiger partial charge in [-0.25, -0.2) is 9.13 Å². The lowest BCUT2D eigenvalue weighted by molar-refractivity contribution is -0.161. The van der Waals surface area contributed by atoms with Crippen molar-refractivity contribution in [3.63, 3.8) is 0 Å². The normalized spacial score (nSPS) is 14.6. The molecule has 0 fully saturated rings. The van der Waals surface area contributed by atoms with Crippen molar-refractivity contribution in [3.8, 4) is 0 Å². The molecule has 0 bridgehead atoms. The Morgan fingerprint density at radius 2 is 0.589 bits per heavy atom. The number of phosphoric ester groups is 2. The summed E-state index contributed by atoms with van der Waals surface area (Å²) in [5.41, 5.74) is 0. The van der Waals surface area contributed by atoms with E-state index in [1.165, 1.54) is 141 Å². The zero-order valence-electron chi connectivity index (χ0n) is 60.8. The zero-order valence-corrected chi connectivity index (χ0v) is 62.6. The molecule has 0 aliphatic carbocycles. The first-order chi connectivity index (χ1) is 46.1. The van der Waals surface area contributed by atoms with E-state index in [0.717, 1.165) is 128 Å². The number of aliphatic hydroxyl groups is 1. The molecule has 0 radical (unpaired) electrons. The number of aliphatic hydroxyl groups excluding tert-OH is 1. The highest BCUT2D eigenvalue weighted by molar-refractivity contribution is 7.47. The maximum absolute atomic E-state index is 13.1. The largest absolute Gasteiger partial charge is 0.472 e. The Morgan fingerprint density at radius 1 is 0.337 bits per heavy atom. The second-order valence-electron chi connectivity index (χ2n) is 26.3. The van der Waals surface area contributed by atoms with Crippen LogP contribution >= 0.6 is 15.6 Å². The fraction of sp³-hybridized carbons (Fsp3) is 0.842. The van der Waals surface area contributed by atoms with Gasteiger partial charge in [-0.05, 0) is 83.0 Å². The minimum Gasteiger partial charge on any atom is -0.462 e. The number of carbonyl (C=O) groups is 4. The standard InChI is InChI=1S/C76H140O17P2/c1-6-10-13-16-19-22-25-28-30-33-35-38-44-49-54-59-73(78)86-65-71(92-76(81)62-57-52-47-40-37-34-31-29-26-23-20-17-14-11-7-2)67-90-94(82,83)88-63-70(77)64-89-95(84,85)91-68-72(66-87-74(79)60-55-50-45-42-41-43-48-53-58-69(5)9-4)93-75(80)61-56-51-46-39-36-32-27-24-21-18-15-12-8-3/h22-23,25-26,28-31,69-72,77H,6-21,24,27,32-68H2,1-5H3,(H,82,83)(H,84,85)/b25-22-,26-23-,30-28-,31-29-/t69?,70-,71-,72-/m1/s1. The van der Waals surface area contributed by atoms with Gasteiger partial charge < -0.3 is 33.8 Å². The Bertz CT molecular complexity index is 2010. The van der Waals surface area contributed by atoms with Crippen LogP contribution in [0.5, 0.6) is 0 Å². The van der Waals surface area contributed by atoms with Gasteiger partial charge in [0.1, 0.15) is 19.3 Å². The summed E-state index contributed by atoms with van der Waals surface area (Å²) in [6, 6.07) is 0. The summed E-state index contributed by atoms with van der Waals surface area (Å²) in [7, 11) is -9.93. The molecule has 0 aromatic rings. The molecule has 19 heteroatoms. The number of esters is 4. The molecule has 3 N–H and O–H groups in total. The molecule has 0 aromatic carbocycles. The molecule has 95 heavy (non-hydrogen) atoms. The first-order valence-electron chi connectivity index (χ1n) is 38.3. The van der Waals surface area contributed by atoms with Gasteiger partial charge in [-0.15, -0.1) is 0 Å². The van der Waals surface area contributed by atoms with Crippen molar-refractivity contribution < 1.29 is 80.2 Å². The smallest absolute Gasteiger partial charge is 0.462 e. The number of rotatable bonds is 72. The second kappa shape index (κ2) is 68.2. The molecule has 0 amide bonds. The Kier molecular flexibility index (Phi) is 66.0. The number of phosphoric acid groups is 2. The molecule has 0 aliphatic heterocycles. The Hall–Kier alpha value is -2.98. The predicted molar refractivity (Wildman–Crippen MR) is 386 cm³/mol. The highest BCUT2D eigenvalue weighted by Gasteiger charge is 2.30. The highest BCUT2D eigenvalue weighted by atomic mass is 31.2. The number of carbonyl (C=O) groups excluding carboxylic acids is 4. The molecule has 0 saturated carbocycles. The van der Waals surface area contributed by atoms with Crippen LogP contribution in [0.1, 0.15) is 349 Å². The number of allylic oxidation sites excluding steroid dienone is 8. The highest BCUT2D eigenvalue weighted by Crippen LogP contribution is 2.45. The average molecular weight is 1390 g/mol. The number of unbranched alkanes of at least 4 members (excludes halogenated alkanes) is 37. The molecule has 6 atom stereocenters. The van der Waals surface area contributed by atoms with E-state index >= 15 is 0 Å². The van der Waals surface area contributed by atoms with E-state index in [-0.39, 0.29) is 25.7 Å². The summed E-state index contributed by atoms with van der Waals surface area (Å²) >= 11 is 0. The summed E-state index contributed by atoms with van der Waals surface area (Å²) in [4.78, 5) is 72.8. The molecule has 17 nitrogen and oxygen atoms in total. The molecule has 3 unspecified atom stereocenters. The van der Waals surface area contributed by atoms with Crippen LogP contribution in [0.15, 0.2) is 48.6 Å². The van der Waals surface area contributed by atoms with Gasteiger partial charge >= 0.3 is 39.5 Å². The van der Waals surface area contributed by atoms with Crippen molar-refractivity contribution in [2.24, 2.45) is 5.92 Å². The van der Waals surface area contributed by atoms with Crippen LogP contribution < -0.4 is 0 Å². The number of hydrogen-bond donors (Lipinski definition) is 3. The van der Waals surface area contributed by atoms with Gasteiger partial charge in [0, 0.05) is 25.7 Å². The molecular weight excluding hydrogens is 1250 g/mol. The van der Waals surface area contributed by atoms with Crippen LogP contribution in [0.25, 0.3) is 0 Å². The molecule has 0 rings (SSSR count). The molecule has 0 spiro atoms. The lowest BCUT2D eigenvalue weighted by Crippen LogP contribution is -2.30. The van der Waals surface area contributed by atoms with E-state index in [0.29, 0.717) is 25.7 Å². The van der Waals surface area contributed by atoms with Crippen LogP contribution in [-0.2, 0) is 65.4 Å². The maximum atomic E-state index is 13.1. The number of hydrogen-bond acceptors (Lipinski definition) is 15. The molecule has 0 aromatic heterocycles. The van der Waals surface area contributed by atoms with Crippen molar-refractivity contribution >= 4 is 39.5 Å². The third-order valence-electron chi connectivity index (χ3n) is 16.9. The van der Waals surface area contributed by atoms with Crippen LogP contribution in [0.4, 0.5) is 0 Å². The van der Waals surface area contributed by atoms with Gasteiger partial charge in [0.25, 0.3) is 0 Å². The van der Waals surface area contributed by atoms with E-state index in [1.54, 1.807) is 0 Å². The third-order valence-corrected chi connectivity index (χ3v) is 18.8. The summed E-state index contributed by atoms with van der Waals surface area (Å²) in [6.07, 6.45) is 62.5. The molecular formula is C76H140O17P2. The monoisotopic (exact) mass is 1390 g/mol. The summed E-state index contributed by atoms with van der Waals surface area (Å²) in [5, 5.41) is 10.6. The van der Waals surface area contributed by atoms with Gasteiger partial charge in [-0.3, -0.25) is 37.3 Å². The maximum Gasteiger partial charge on any atom is 0.472 e. The van der Waals surface area contributed by atoms with E-state index in [1.807, 2.05) is 0 Å². The Balaban J connectivity index is 5.34. The van der Waals surface area contributed by atoms with Crippen molar-refractivity contribution in [1.29, 1.82) is 0 Å².